The predicted molar refractivity (Wildman–Crippen MR) is 109 cm³/mol. The lowest BCUT2D eigenvalue weighted by atomic mass is 9.98. The van der Waals surface area contributed by atoms with E-state index >= 15 is 0 Å². The van der Waals surface area contributed by atoms with Gasteiger partial charge in [0.05, 0.1) is 20.4 Å². The third-order valence-corrected chi connectivity index (χ3v) is 5.98. The molecule has 7 heteroatoms. The van der Waals surface area contributed by atoms with E-state index in [4.69, 9.17) is 9.47 Å². The Balaban J connectivity index is 1.33. The number of hydrogen-bond acceptors (Lipinski definition) is 4. The molecule has 0 radical (unpaired) electrons. The summed E-state index contributed by atoms with van der Waals surface area (Å²) in [6.45, 7) is 5.85. The summed E-state index contributed by atoms with van der Waals surface area (Å²) in [5, 5.41) is 0. The smallest absolute Gasteiger partial charge is 0.278 e. The summed E-state index contributed by atoms with van der Waals surface area (Å²) in [5.41, 5.74) is 2.40. The van der Waals surface area contributed by atoms with Crippen LogP contribution in [0.3, 0.4) is 0 Å². The van der Waals surface area contributed by atoms with Crippen molar-refractivity contribution in [3.8, 4) is 11.5 Å². The van der Waals surface area contributed by atoms with Crippen molar-refractivity contribution in [3.63, 3.8) is 0 Å². The van der Waals surface area contributed by atoms with Gasteiger partial charge in [0.25, 0.3) is 11.7 Å². The summed E-state index contributed by atoms with van der Waals surface area (Å²) in [5.74, 6) is 2.86. The summed E-state index contributed by atoms with van der Waals surface area (Å²) in [7, 11) is 3.30. The second-order valence-corrected chi connectivity index (χ2v) is 7.70. The first-order valence-corrected chi connectivity index (χ1v) is 10.2. The maximum Gasteiger partial charge on any atom is 0.278 e. The lowest BCUT2D eigenvalue weighted by molar-refractivity contribution is -0.892. The van der Waals surface area contributed by atoms with Crippen LogP contribution in [0.1, 0.15) is 11.1 Å². The second-order valence-electron chi connectivity index (χ2n) is 7.70. The maximum atomic E-state index is 12.9. The largest absolute Gasteiger partial charge is 0.493 e. The van der Waals surface area contributed by atoms with Crippen LogP contribution in [-0.4, -0.2) is 64.3 Å². The molecule has 2 aromatic rings. The van der Waals surface area contributed by atoms with Gasteiger partial charge in [-0.1, -0.05) is 6.07 Å². The fraction of sp³-hybridized carbons (Fsp3) is 0.455. The van der Waals surface area contributed by atoms with E-state index in [1.54, 1.807) is 14.2 Å². The average Bonchev–Trinajstić information content (AvgIpc) is 2.78. The molecule has 0 saturated carbocycles. The number of hydrogen-bond donors (Lipinski definition) is 1. The van der Waals surface area contributed by atoms with Crippen LogP contribution in [0.15, 0.2) is 36.5 Å². The van der Waals surface area contributed by atoms with Gasteiger partial charge < -0.3 is 19.3 Å². The van der Waals surface area contributed by atoms with Crippen molar-refractivity contribution >= 4 is 11.7 Å². The highest BCUT2D eigenvalue weighted by Crippen LogP contribution is 2.33. The quantitative estimate of drug-likeness (QED) is 0.759. The van der Waals surface area contributed by atoms with E-state index in [-0.39, 0.29) is 5.91 Å². The van der Waals surface area contributed by atoms with Crippen LogP contribution in [0.4, 0.5) is 5.82 Å². The number of nitrogens with zero attached hydrogens (tertiary/aromatic N) is 2. The molecular formula is C22H30N4O3+2. The van der Waals surface area contributed by atoms with Crippen molar-refractivity contribution in [2.75, 3.05) is 58.4 Å². The summed E-state index contributed by atoms with van der Waals surface area (Å²) < 4.78 is 10.8. The number of aromatic amines is 1. The Morgan fingerprint density at radius 2 is 1.79 bits per heavy atom. The zero-order valence-electron chi connectivity index (χ0n) is 17.2. The van der Waals surface area contributed by atoms with Crippen LogP contribution in [0, 0.1) is 0 Å². The first kappa shape index (κ1) is 19.5. The van der Waals surface area contributed by atoms with Crippen LogP contribution in [0.25, 0.3) is 0 Å². The number of anilines is 1. The number of quaternary nitrogens is 1. The van der Waals surface area contributed by atoms with Gasteiger partial charge in [0.2, 0.25) is 0 Å². The Morgan fingerprint density at radius 3 is 2.45 bits per heavy atom. The van der Waals surface area contributed by atoms with Crippen LogP contribution < -0.4 is 24.3 Å². The van der Waals surface area contributed by atoms with Gasteiger partial charge in [0, 0.05) is 19.2 Å². The lowest BCUT2D eigenvalue weighted by Crippen LogP contribution is -3.16. The number of rotatable bonds is 5. The fourth-order valence-corrected chi connectivity index (χ4v) is 4.24. The first-order chi connectivity index (χ1) is 14.2. The molecule has 3 heterocycles. The molecule has 4 rings (SSSR count). The Hall–Kier alpha value is -2.80. The molecule has 1 amide bonds. The maximum absolute atomic E-state index is 12.9. The summed E-state index contributed by atoms with van der Waals surface area (Å²) >= 11 is 0. The van der Waals surface area contributed by atoms with Gasteiger partial charge in [0.1, 0.15) is 26.2 Å². The molecule has 2 aliphatic heterocycles. The minimum atomic E-state index is 0.236. The van der Waals surface area contributed by atoms with Crippen molar-refractivity contribution < 1.29 is 24.2 Å². The molecule has 2 N–H and O–H groups in total. The number of fused-ring (bicyclic) bond motifs is 1. The number of pyridine rings is 1. The number of carbonyl (C=O) groups excluding carboxylic acids is 1. The van der Waals surface area contributed by atoms with Crippen LogP contribution in [0.5, 0.6) is 11.5 Å². The fourth-order valence-electron chi connectivity index (χ4n) is 4.24. The van der Waals surface area contributed by atoms with E-state index < -0.39 is 0 Å². The molecular weight excluding hydrogens is 368 g/mol. The molecule has 0 aliphatic carbocycles. The number of benzene rings is 1. The first-order valence-electron chi connectivity index (χ1n) is 10.2. The van der Waals surface area contributed by atoms with Gasteiger partial charge in [-0.05, 0) is 35.7 Å². The molecule has 1 saturated heterocycles. The van der Waals surface area contributed by atoms with Gasteiger partial charge in [-0.15, -0.1) is 0 Å². The predicted octanol–water partition coefficient (Wildman–Crippen LogP) is -0.192. The molecule has 0 bridgehead atoms. The Kier molecular flexibility index (Phi) is 5.85. The van der Waals surface area contributed by atoms with Gasteiger partial charge in [-0.2, -0.15) is 0 Å². The Labute approximate surface area is 171 Å². The summed E-state index contributed by atoms with van der Waals surface area (Å²) in [6.07, 6.45) is 2.81. The van der Waals surface area contributed by atoms with Crippen molar-refractivity contribution in [2.24, 2.45) is 0 Å². The minimum absolute atomic E-state index is 0.236. The second kappa shape index (κ2) is 8.69. The molecule has 1 aromatic carbocycles. The highest BCUT2D eigenvalue weighted by atomic mass is 16.5. The van der Waals surface area contributed by atoms with Gasteiger partial charge >= 0.3 is 0 Å². The third-order valence-electron chi connectivity index (χ3n) is 5.98. The summed E-state index contributed by atoms with van der Waals surface area (Å²) in [4.78, 5) is 21.9. The van der Waals surface area contributed by atoms with E-state index in [1.165, 1.54) is 10.5 Å². The molecule has 29 heavy (non-hydrogen) atoms. The number of nitrogens with one attached hydrogen (secondary N) is 2. The zero-order valence-corrected chi connectivity index (χ0v) is 17.2. The molecule has 7 nitrogen and oxygen atoms in total. The average molecular weight is 399 g/mol. The Bertz CT molecular complexity index is 851. The molecule has 1 fully saturated rings. The van der Waals surface area contributed by atoms with Gasteiger partial charge in [-0.3, -0.25) is 9.69 Å². The van der Waals surface area contributed by atoms with E-state index in [9.17, 15) is 4.79 Å². The number of aromatic nitrogens is 1. The Morgan fingerprint density at radius 1 is 1.07 bits per heavy atom. The minimum Gasteiger partial charge on any atom is -0.493 e. The number of piperazine rings is 1. The van der Waals surface area contributed by atoms with Gasteiger partial charge in [0.15, 0.2) is 18.0 Å². The number of amides is 1. The van der Waals surface area contributed by atoms with Crippen molar-refractivity contribution in [1.29, 1.82) is 0 Å². The van der Waals surface area contributed by atoms with Crippen LogP contribution in [-0.2, 0) is 17.8 Å². The monoisotopic (exact) mass is 398 g/mol. The van der Waals surface area contributed by atoms with Crippen LogP contribution in [0.2, 0.25) is 0 Å². The number of H-pyrrole nitrogens is 1. The standard InChI is InChI=1S/C22H28N4O3/c1-28-19-13-17-6-8-26(15-18(17)14-20(19)29-2)22(27)16-24-9-11-25(12-10-24)21-5-3-4-7-23-21/h3-5,7,13-14H,6,8-12,15-16H2,1-2H3/p+2. The van der Waals surface area contributed by atoms with Gasteiger partial charge in [-0.25, -0.2) is 4.98 Å². The molecule has 1 aromatic heterocycles. The lowest BCUT2D eigenvalue weighted by Gasteiger charge is -2.32. The topological polar surface area (TPSA) is 60.6 Å². The summed E-state index contributed by atoms with van der Waals surface area (Å²) in [6, 6.07) is 10.2. The SMILES string of the molecule is COc1cc2c(cc1OC)CN(C(=O)C[NH+]1CCN(c3cccc[nH+]3)CC1)CC2. The van der Waals surface area contributed by atoms with Crippen molar-refractivity contribution in [1.82, 2.24) is 4.90 Å². The van der Waals surface area contributed by atoms with E-state index in [1.807, 2.05) is 35.4 Å². The van der Waals surface area contributed by atoms with Crippen molar-refractivity contribution in [2.45, 2.75) is 13.0 Å². The zero-order chi connectivity index (χ0) is 20.2. The normalized spacial score (nSPS) is 17.0. The molecule has 2 aliphatic rings. The highest BCUT2D eigenvalue weighted by Gasteiger charge is 2.30. The number of methoxy groups -OCH3 is 2. The van der Waals surface area contributed by atoms with E-state index in [2.05, 4.69) is 16.0 Å². The highest BCUT2D eigenvalue weighted by molar-refractivity contribution is 5.77. The molecule has 0 unspecified atom stereocenters. The number of ether oxygens (including phenoxy) is 2. The van der Waals surface area contributed by atoms with E-state index in [0.717, 1.165) is 62.0 Å². The van der Waals surface area contributed by atoms with Crippen molar-refractivity contribution in [3.05, 3.63) is 47.7 Å². The third kappa shape index (κ3) is 4.29. The molecule has 0 atom stereocenters. The number of carbonyl (C=O) groups is 1. The van der Waals surface area contributed by atoms with E-state index in [0.29, 0.717) is 13.1 Å². The van der Waals surface area contributed by atoms with Crippen LogP contribution >= 0.6 is 0 Å². The molecule has 0 spiro atoms. The molecule has 154 valence electrons.